The van der Waals surface area contributed by atoms with Crippen molar-refractivity contribution in [2.75, 3.05) is 19.4 Å². The Morgan fingerprint density at radius 2 is 2.15 bits per heavy atom. The molecular formula is C12H14FN4O6PS2. The zero-order chi connectivity index (χ0) is 19.5. The lowest BCUT2D eigenvalue weighted by atomic mass is 10.2. The van der Waals surface area contributed by atoms with Crippen molar-refractivity contribution in [3.8, 4) is 5.75 Å². The van der Waals surface area contributed by atoms with E-state index in [9.17, 15) is 17.4 Å². The van der Waals surface area contributed by atoms with Crippen LogP contribution in [0.15, 0.2) is 21.5 Å². The van der Waals surface area contributed by atoms with Crippen LogP contribution in [0.1, 0.15) is 5.56 Å². The molecule has 0 aliphatic carbocycles. The van der Waals surface area contributed by atoms with Gasteiger partial charge in [0.2, 0.25) is 0 Å². The van der Waals surface area contributed by atoms with Gasteiger partial charge < -0.3 is 14.5 Å². The zero-order valence-electron chi connectivity index (χ0n) is 13.3. The Labute approximate surface area is 151 Å². The number of azide groups is 1. The lowest BCUT2D eigenvalue weighted by molar-refractivity contribution is 0.327. The van der Waals surface area contributed by atoms with E-state index < -0.39 is 29.7 Å². The topological polar surface area (TPSA) is 162 Å². The van der Waals surface area contributed by atoms with Gasteiger partial charge in [-0.1, -0.05) is 5.11 Å². The number of aryl methyl sites for hydroxylation is 1. The van der Waals surface area contributed by atoms with E-state index in [0.717, 1.165) is 6.07 Å². The molecule has 0 amide bonds. The molecule has 10 nitrogen and oxygen atoms in total. The minimum Gasteiger partial charge on any atom is -0.493 e. The first kappa shape index (κ1) is 20.6. The highest BCUT2D eigenvalue weighted by atomic mass is 32.2. The average molecular weight is 424 g/mol. The van der Waals surface area contributed by atoms with E-state index in [0.29, 0.717) is 16.7 Å². The molecule has 142 valence electrons. The van der Waals surface area contributed by atoms with Crippen LogP contribution in [-0.4, -0.2) is 37.6 Å². The number of rotatable bonds is 8. The molecule has 3 N–H and O–H groups in total. The van der Waals surface area contributed by atoms with Crippen molar-refractivity contribution >= 4 is 39.0 Å². The lowest BCUT2D eigenvalue weighted by Crippen LogP contribution is -2.24. The Kier molecular flexibility index (Phi) is 6.25. The first-order valence-corrected chi connectivity index (χ1v) is 11.1. The number of nitrogens with zero attached hydrogens (tertiary/aromatic N) is 3. The third-order valence-electron chi connectivity index (χ3n) is 3.15. The van der Waals surface area contributed by atoms with Gasteiger partial charge in [-0.05, 0) is 24.1 Å². The van der Waals surface area contributed by atoms with Crippen LogP contribution in [0, 0.1) is 12.7 Å². The highest BCUT2D eigenvalue weighted by Crippen LogP contribution is 2.39. The van der Waals surface area contributed by atoms with E-state index in [1.165, 1.54) is 13.0 Å². The first-order chi connectivity index (χ1) is 12.0. The molecule has 1 heterocycles. The van der Waals surface area contributed by atoms with Gasteiger partial charge in [-0.3, -0.25) is 4.57 Å². The van der Waals surface area contributed by atoms with Gasteiger partial charge in [-0.15, -0.1) is 11.3 Å². The number of fused-ring (bicyclic) bond motifs is 1. The van der Waals surface area contributed by atoms with E-state index >= 15 is 0 Å². The van der Waals surface area contributed by atoms with Crippen LogP contribution >= 0.6 is 18.9 Å². The van der Waals surface area contributed by atoms with Crippen LogP contribution in [-0.2, 0) is 14.6 Å². The molecule has 0 aliphatic heterocycles. The second kappa shape index (κ2) is 7.89. The van der Waals surface area contributed by atoms with Crippen molar-refractivity contribution in [2.45, 2.75) is 11.1 Å². The van der Waals surface area contributed by atoms with E-state index in [2.05, 4.69) is 10.0 Å². The Hall–Kier alpha value is -1.72. The molecule has 0 bridgehead atoms. The van der Waals surface area contributed by atoms with Crippen LogP contribution in [0.2, 0.25) is 0 Å². The van der Waals surface area contributed by atoms with E-state index in [1.807, 2.05) is 4.72 Å². The van der Waals surface area contributed by atoms with Crippen LogP contribution in [0.5, 0.6) is 5.75 Å². The van der Waals surface area contributed by atoms with E-state index in [1.54, 1.807) is 0 Å². The standard InChI is InChI=1S/C12H14FN4O6PS2/c1-7-9-4-8(23-3-2-15-17-14)5-10(13)11(9)25-12(7)26(21,22)16-6-24(18,19)20/h4-5,16H,2-3,6H2,1H3,(H2,18,19,20). The fourth-order valence-electron chi connectivity index (χ4n) is 2.05. The van der Waals surface area contributed by atoms with Crippen molar-refractivity contribution in [3.63, 3.8) is 0 Å². The lowest BCUT2D eigenvalue weighted by Gasteiger charge is -2.07. The van der Waals surface area contributed by atoms with Crippen molar-refractivity contribution in [1.29, 1.82) is 0 Å². The molecule has 1 aromatic carbocycles. The number of hydrogen-bond acceptors (Lipinski definition) is 6. The van der Waals surface area contributed by atoms with Crippen molar-refractivity contribution < 1.29 is 31.9 Å². The highest BCUT2D eigenvalue weighted by Gasteiger charge is 2.26. The number of halogens is 1. The first-order valence-electron chi connectivity index (χ1n) is 6.95. The summed E-state index contributed by atoms with van der Waals surface area (Å²) in [5, 5.41) is 3.57. The van der Waals surface area contributed by atoms with Crippen molar-refractivity contribution in [3.05, 3.63) is 34.0 Å². The predicted octanol–water partition coefficient (Wildman–Crippen LogP) is 2.45. The number of hydrogen-bond donors (Lipinski definition) is 3. The number of thiophene rings is 1. The zero-order valence-corrected chi connectivity index (χ0v) is 15.8. The van der Waals surface area contributed by atoms with Crippen LogP contribution in [0.25, 0.3) is 20.5 Å². The Bertz CT molecular complexity index is 1030. The number of benzene rings is 1. The molecule has 0 unspecified atom stereocenters. The van der Waals surface area contributed by atoms with Gasteiger partial charge in [0.1, 0.15) is 22.1 Å². The molecule has 26 heavy (non-hydrogen) atoms. The Morgan fingerprint density at radius 3 is 2.77 bits per heavy atom. The molecule has 0 radical (unpaired) electrons. The molecule has 2 aromatic rings. The summed E-state index contributed by atoms with van der Waals surface area (Å²) in [5.74, 6) is -0.568. The summed E-state index contributed by atoms with van der Waals surface area (Å²) in [6.07, 6.45) is -1.06. The number of nitrogens with one attached hydrogen (secondary N) is 1. The molecule has 0 saturated heterocycles. The van der Waals surface area contributed by atoms with E-state index in [4.69, 9.17) is 20.1 Å². The summed E-state index contributed by atoms with van der Waals surface area (Å²) >= 11 is 0.648. The molecule has 0 spiro atoms. The summed E-state index contributed by atoms with van der Waals surface area (Å²) in [6.45, 7) is 1.52. The highest BCUT2D eigenvalue weighted by molar-refractivity contribution is 7.92. The van der Waals surface area contributed by atoms with Gasteiger partial charge in [0.05, 0.1) is 17.9 Å². The quantitative estimate of drug-likeness (QED) is 0.194. The summed E-state index contributed by atoms with van der Waals surface area (Å²) in [6, 6.07) is 2.52. The molecule has 2 rings (SSSR count). The molecule has 0 fully saturated rings. The summed E-state index contributed by atoms with van der Waals surface area (Å²) in [4.78, 5) is 20.2. The third kappa shape index (κ3) is 4.92. The Balaban J connectivity index is 2.38. The fourth-order valence-corrected chi connectivity index (χ4v) is 5.84. The number of ether oxygens (including phenoxy) is 1. The molecule has 14 heteroatoms. The van der Waals surface area contributed by atoms with Gasteiger partial charge in [-0.25, -0.2) is 12.8 Å². The Morgan fingerprint density at radius 1 is 1.46 bits per heavy atom. The SMILES string of the molecule is Cc1c(S(=O)(=O)NCP(=O)(O)O)sc2c(F)cc(OCCN=[N+]=[N-])cc12. The van der Waals surface area contributed by atoms with Crippen molar-refractivity contribution in [1.82, 2.24) is 4.72 Å². The summed E-state index contributed by atoms with van der Waals surface area (Å²) < 4.78 is 56.6. The number of sulfonamides is 1. The summed E-state index contributed by atoms with van der Waals surface area (Å²) in [5.41, 5.74) is 8.42. The third-order valence-corrected chi connectivity index (χ3v) is 7.27. The summed E-state index contributed by atoms with van der Waals surface area (Å²) in [7, 11) is -8.81. The molecule has 0 atom stereocenters. The van der Waals surface area contributed by atoms with E-state index in [-0.39, 0.29) is 33.4 Å². The van der Waals surface area contributed by atoms with Gasteiger partial charge >= 0.3 is 7.60 Å². The van der Waals surface area contributed by atoms with Gasteiger partial charge in [0, 0.05) is 16.4 Å². The molecule has 0 saturated carbocycles. The normalized spacial score (nSPS) is 12.2. The van der Waals surface area contributed by atoms with Crippen LogP contribution in [0.4, 0.5) is 4.39 Å². The minimum atomic E-state index is -4.58. The van der Waals surface area contributed by atoms with Gasteiger partial charge in [-0.2, -0.15) is 4.72 Å². The monoisotopic (exact) mass is 424 g/mol. The van der Waals surface area contributed by atoms with Gasteiger partial charge in [0.15, 0.2) is 0 Å². The maximum absolute atomic E-state index is 14.3. The van der Waals surface area contributed by atoms with Crippen LogP contribution in [0.3, 0.4) is 0 Å². The minimum absolute atomic E-state index is 0.0210. The second-order valence-electron chi connectivity index (χ2n) is 5.07. The fraction of sp³-hybridized carbons (Fsp3) is 0.333. The molecular weight excluding hydrogens is 410 g/mol. The molecule has 0 aliphatic rings. The molecule has 1 aromatic heterocycles. The second-order valence-corrected chi connectivity index (χ2v) is 9.70. The smallest absolute Gasteiger partial charge is 0.340 e. The maximum Gasteiger partial charge on any atom is 0.340 e. The van der Waals surface area contributed by atoms with Gasteiger partial charge in [0.25, 0.3) is 10.0 Å². The largest absolute Gasteiger partial charge is 0.493 e. The average Bonchev–Trinajstić information content (AvgIpc) is 2.88. The maximum atomic E-state index is 14.3. The van der Waals surface area contributed by atoms with Crippen molar-refractivity contribution in [2.24, 2.45) is 5.11 Å². The predicted molar refractivity (Wildman–Crippen MR) is 93.3 cm³/mol. The van der Waals surface area contributed by atoms with Crippen LogP contribution < -0.4 is 9.46 Å².